The predicted molar refractivity (Wildman–Crippen MR) is 85.5 cm³/mol. The van der Waals surface area contributed by atoms with E-state index in [1.165, 1.54) is 18.4 Å². The lowest BCUT2D eigenvalue weighted by atomic mass is 10.3. The van der Waals surface area contributed by atoms with Gasteiger partial charge in [-0.05, 0) is 47.4 Å². The molecule has 0 amide bonds. The number of hydrogen-bond donors (Lipinski definition) is 1. The molecule has 20 heavy (non-hydrogen) atoms. The van der Waals surface area contributed by atoms with Crippen LogP contribution >= 0.6 is 22.9 Å². The third kappa shape index (κ3) is 3.51. The normalized spacial score (nSPS) is 14.5. The molecule has 0 atom stereocenters. The van der Waals surface area contributed by atoms with Gasteiger partial charge in [0.15, 0.2) is 0 Å². The van der Waals surface area contributed by atoms with Gasteiger partial charge in [-0.2, -0.15) is 11.3 Å². The fourth-order valence-corrected chi connectivity index (χ4v) is 2.91. The van der Waals surface area contributed by atoms with E-state index in [4.69, 9.17) is 11.6 Å². The van der Waals surface area contributed by atoms with Crippen LogP contribution in [0, 0.1) is 0 Å². The third-order valence-corrected chi connectivity index (χ3v) is 4.51. The van der Waals surface area contributed by atoms with E-state index in [0.29, 0.717) is 6.04 Å². The molecule has 1 N–H and O–H groups in total. The minimum absolute atomic E-state index is 0.667. The Morgan fingerprint density at radius 2 is 2.25 bits per heavy atom. The second kappa shape index (κ2) is 6.12. The van der Waals surface area contributed by atoms with Crippen molar-refractivity contribution in [1.82, 2.24) is 10.3 Å². The van der Waals surface area contributed by atoms with Gasteiger partial charge in [0, 0.05) is 26.2 Å². The average Bonchev–Trinajstić information content (AvgIpc) is 3.14. The number of halogens is 1. The molecular formula is C15H18ClN3S. The molecule has 1 aliphatic carbocycles. The minimum Gasteiger partial charge on any atom is -0.355 e. The topological polar surface area (TPSA) is 28.2 Å². The molecule has 0 bridgehead atoms. The molecule has 3 rings (SSSR count). The SMILES string of the molecule is CN(Cc1ccsc1)c1ccc(Cl)c(CNC2CC2)n1. The van der Waals surface area contributed by atoms with Crippen molar-refractivity contribution in [3.8, 4) is 0 Å². The van der Waals surface area contributed by atoms with Crippen LogP contribution in [0.5, 0.6) is 0 Å². The monoisotopic (exact) mass is 307 g/mol. The van der Waals surface area contributed by atoms with Gasteiger partial charge in [0.05, 0.1) is 10.7 Å². The standard InChI is InChI=1S/C15H18ClN3S/c1-19(9-11-6-7-20-10-11)15-5-4-13(16)14(18-15)8-17-12-2-3-12/h4-7,10,12,17H,2-3,8-9H2,1H3. The van der Waals surface area contributed by atoms with Crippen molar-refractivity contribution in [2.45, 2.75) is 32.0 Å². The van der Waals surface area contributed by atoms with E-state index in [0.717, 1.165) is 29.6 Å². The number of nitrogens with zero attached hydrogens (tertiary/aromatic N) is 2. The number of pyridine rings is 1. The van der Waals surface area contributed by atoms with Crippen LogP contribution in [0.3, 0.4) is 0 Å². The van der Waals surface area contributed by atoms with Gasteiger partial charge in [-0.25, -0.2) is 4.98 Å². The number of nitrogens with one attached hydrogen (secondary N) is 1. The molecule has 5 heteroatoms. The highest BCUT2D eigenvalue weighted by Gasteiger charge is 2.20. The van der Waals surface area contributed by atoms with E-state index >= 15 is 0 Å². The summed E-state index contributed by atoms with van der Waals surface area (Å²) in [7, 11) is 2.06. The lowest BCUT2D eigenvalue weighted by molar-refractivity contribution is 0.673. The number of rotatable bonds is 6. The Labute approximate surface area is 128 Å². The van der Waals surface area contributed by atoms with E-state index in [2.05, 4.69) is 39.1 Å². The summed E-state index contributed by atoms with van der Waals surface area (Å²) in [5.74, 6) is 0.966. The lowest BCUT2D eigenvalue weighted by Gasteiger charge is -2.19. The molecule has 0 unspecified atom stereocenters. The highest BCUT2D eigenvalue weighted by Crippen LogP contribution is 2.23. The van der Waals surface area contributed by atoms with Gasteiger partial charge in [-0.1, -0.05) is 11.6 Å². The molecule has 0 aromatic carbocycles. The molecule has 2 aromatic rings. The zero-order valence-electron chi connectivity index (χ0n) is 11.5. The van der Waals surface area contributed by atoms with Gasteiger partial charge < -0.3 is 10.2 Å². The fourth-order valence-electron chi connectivity index (χ4n) is 2.08. The molecule has 2 heterocycles. The summed E-state index contributed by atoms with van der Waals surface area (Å²) >= 11 is 7.95. The Kier molecular flexibility index (Phi) is 4.24. The first kappa shape index (κ1) is 13.9. The zero-order chi connectivity index (χ0) is 13.9. The maximum atomic E-state index is 6.23. The van der Waals surface area contributed by atoms with Crippen molar-refractivity contribution in [2.75, 3.05) is 11.9 Å². The molecule has 2 aromatic heterocycles. The van der Waals surface area contributed by atoms with Crippen molar-refractivity contribution in [2.24, 2.45) is 0 Å². The summed E-state index contributed by atoms with van der Waals surface area (Å²) in [5.41, 5.74) is 2.25. The van der Waals surface area contributed by atoms with Crippen LogP contribution in [0.15, 0.2) is 29.0 Å². The summed E-state index contributed by atoms with van der Waals surface area (Å²) in [6.07, 6.45) is 2.55. The summed E-state index contributed by atoms with van der Waals surface area (Å²) in [5, 5.41) is 8.47. The van der Waals surface area contributed by atoms with E-state index < -0.39 is 0 Å². The third-order valence-electron chi connectivity index (χ3n) is 3.43. The number of aromatic nitrogens is 1. The molecule has 1 aliphatic rings. The molecule has 0 radical (unpaired) electrons. The molecule has 0 aliphatic heterocycles. The number of hydrogen-bond acceptors (Lipinski definition) is 4. The first-order valence-electron chi connectivity index (χ1n) is 6.83. The smallest absolute Gasteiger partial charge is 0.129 e. The Bertz CT molecular complexity index is 567. The second-order valence-corrected chi connectivity index (χ2v) is 6.43. The van der Waals surface area contributed by atoms with Crippen molar-refractivity contribution in [1.29, 1.82) is 0 Å². The maximum absolute atomic E-state index is 6.23. The Morgan fingerprint density at radius 1 is 1.40 bits per heavy atom. The molecule has 0 spiro atoms. The zero-order valence-corrected chi connectivity index (χ0v) is 13.0. The van der Waals surface area contributed by atoms with Crippen LogP contribution in [-0.4, -0.2) is 18.1 Å². The van der Waals surface area contributed by atoms with Crippen LogP contribution in [0.2, 0.25) is 5.02 Å². The molecule has 0 saturated heterocycles. The van der Waals surface area contributed by atoms with Gasteiger partial charge >= 0.3 is 0 Å². The van der Waals surface area contributed by atoms with Crippen molar-refractivity contribution < 1.29 is 0 Å². The summed E-state index contributed by atoms with van der Waals surface area (Å²) in [6.45, 7) is 1.62. The van der Waals surface area contributed by atoms with Crippen molar-refractivity contribution in [3.63, 3.8) is 0 Å². The summed E-state index contributed by atoms with van der Waals surface area (Å²) in [4.78, 5) is 6.84. The highest BCUT2D eigenvalue weighted by atomic mass is 35.5. The largest absolute Gasteiger partial charge is 0.355 e. The molecular weight excluding hydrogens is 290 g/mol. The van der Waals surface area contributed by atoms with E-state index in [1.54, 1.807) is 11.3 Å². The van der Waals surface area contributed by atoms with E-state index in [1.807, 2.05) is 12.1 Å². The van der Waals surface area contributed by atoms with E-state index in [-0.39, 0.29) is 0 Å². The first-order valence-corrected chi connectivity index (χ1v) is 8.15. The number of anilines is 1. The average molecular weight is 308 g/mol. The van der Waals surface area contributed by atoms with Crippen LogP contribution in [0.4, 0.5) is 5.82 Å². The maximum Gasteiger partial charge on any atom is 0.129 e. The van der Waals surface area contributed by atoms with E-state index in [9.17, 15) is 0 Å². The van der Waals surface area contributed by atoms with Crippen molar-refractivity contribution >= 4 is 28.8 Å². The van der Waals surface area contributed by atoms with Crippen molar-refractivity contribution in [3.05, 3.63) is 45.2 Å². The van der Waals surface area contributed by atoms with Crippen LogP contribution in [-0.2, 0) is 13.1 Å². The Balaban J connectivity index is 1.69. The highest BCUT2D eigenvalue weighted by molar-refractivity contribution is 7.07. The minimum atomic E-state index is 0.667. The quantitative estimate of drug-likeness (QED) is 0.882. The second-order valence-electron chi connectivity index (χ2n) is 5.24. The van der Waals surface area contributed by atoms with Gasteiger partial charge in [0.1, 0.15) is 5.82 Å². The van der Waals surface area contributed by atoms with Gasteiger partial charge in [0.25, 0.3) is 0 Å². The molecule has 3 nitrogen and oxygen atoms in total. The van der Waals surface area contributed by atoms with Crippen LogP contribution < -0.4 is 10.2 Å². The first-order chi connectivity index (χ1) is 9.72. The van der Waals surface area contributed by atoms with Gasteiger partial charge in [-0.15, -0.1) is 0 Å². The predicted octanol–water partition coefficient (Wildman–Crippen LogP) is 3.68. The summed E-state index contributed by atoms with van der Waals surface area (Å²) < 4.78 is 0. The summed E-state index contributed by atoms with van der Waals surface area (Å²) in [6, 6.07) is 6.74. The Hall–Kier alpha value is -1.10. The lowest BCUT2D eigenvalue weighted by Crippen LogP contribution is -2.20. The van der Waals surface area contributed by atoms with Gasteiger partial charge in [0.2, 0.25) is 0 Å². The van der Waals surface area contributed by atoms with Gasteiger partial charge in [-0.3, -0.25) is 0 Å². The fraction of sp³-hybridized carbons (Fsp3) is 0.400. The van der Waals surface area contributed by atoms with Crippen LogP contribution in [0.1, 0.15) is 24.1 Å². The number of thiophene rings is 1. The molecule has 1 fully saturated rings. The molecule has 1 saturated carbocycles. The van der Waals surface area contributed by atoms with Crippen LogP contribution in [0.25, 0.3) is 0 Å². The molecule has 106 valence electrons. The Morgan fingerprint density at radius 3 is 2.95 bits per heavy atom.